The van der Waals surface area contributed by atoms with Gasteiger partial charge in [-0.2, -0.15) is 0 Å². The van der Waals surface area contributed by atoms with E-state index in [-0.39, 0.29) is 0 Å². The van der Waals surface area contributed by atoms with E-state index in [0.29, 0.717) is 6.04 Å². The van der Waals surface area contributed by atoms with Gasteiger partial charge in [-0.25, -0.2) is 0 Å². The molecule has 0 aliphatic carbocycles. The minimum Gasteiger partial charge on any atom is -0.304 e. The van der Waals surface area contributed by atoms with Gasteiger partial charge in [-0.1, -0.05) is 43.3 Å². The summed E-state index contributed by atoms with van der Waals surface area (Å²) in [6.07, 6.45) is 2.93. The molecule has 1 N–H and O–H groups in total. The average Bonchev–Trinajstić information content (AvgIpc) is 2.42. The zero-order valence-corrected chi connectivity index (χ0v) is 11.1. The van der Waals surface area contributed by atoms with E-state index < -0.39 is 0 Å². The molecular formula is C16H20N2. The van der Waals surface area contributed by atoms with Crippen LogP contribution >= 0.6 is 0 Å². The van der Waals surface area contributed by atoms with E-state index >= 15 is 0 Å². The number of hydrogen-bond acceptors (Lipinski definition) is 2. The summed E-state index contributed by atoms with van der Waals surface area (Å²) in [6.45, 7) is 5.13. The molecular weight excluding hydrogens is 220 g/mol. The Labute approximate surface area is 109 Å². The third-order valence-electron chi connectivity index (χ3n) is 3.24. The molecule has 0 bridgehead atoms. The lowest BCUT2D eigenvalue weighted by atomic mass is 10.0. The van der Waals surface area contributed by atoms with Crippen molar-refractivity contribution in [2.45, 2.75) is 32.9 Å². The number of aromatic nitrogens is 1. The Morgan fingerprint density at radius 3 is 2.56 bits per heavy atom. The molecule has 2 nitrogen and oxygen atoms in total. The molecule has 0 amide bonds. The van der Waals surface area contributed by atoms with Gasteiger partial charge < -0.3 is 5.32 Å². The fourth-order valence-electron chi connectivity index (χ4n) is 2.11. The van der Waals surface area contributed by atoms with Crippen LogP contribution in [-0.4, -0.2) is 4.98 Å². The molecule has 94 valence electrons. The van der Waals surface area contributed by atoms with E-state index in [1.165, 1.54) is 11.1 Å². The topological polar surface area (TPSA) is 24.9 Å². The van der Waals surface area contributed by atoms with Crippen molar-refractivity contribution in [3.8, 4) is 0 Å². The van der Waals surface area contributed by atoms with Crippen LogP contribution < -0.4 is 5.32 Å². The third kappa shape index (κ3) is 3.17. The Balaban J connectivity index is 2.02. The Kier molecular flexibility index (Phi) is 4.48. The molecule has 0 aliphatic rings. The second-order valence-electron chi connectivity index (χ2n) is 4.52. The van der Waals surface area contributed by atoms with Crippen LogP contribution in [0.2, 0.25) is 0 Å². The fraction of sp³-hybridized carbons (Fsp3) is 0.312. The highest BCUT2D eigenvalue weighted by Crippen LogP contribution is 2.16. The van der Waals surface area contributed by atoms with Gasteiger partial charge >= 0.3 is 0 Å². The maximum atomic E-state index is 4.42. The first-order valence-electron chi connectivity index (χ1n) is 6.50. The van der Waals surface area contributed by atoms with Crippen molar-refractivity contribution in [3.63, 3.8) is 0 Å². The Morgan fingerprint density at radius 1 is 1.11 bits per heavy atom. The van der Waals surface area contributed by atoms with Gasteiger partial charge in [0.25, 0.3) is 0 Å². The quantitative estimate of drug-likeness (QED) is 0.863. The van der Waals surface area contributed by atoms with Crippen molar-refractivity contribution in [1.82, 2.24) is 10.3 Å². The third-order valence-corrected chi connectivity index (χ3v) is 3.24. The summed E-state index contributed by atoms with van der Waals surface area (Å²) in [5.74, 6) is 0. The Morgan fingerprint density at radius 2 is 1.89 bits per heavy atom. The molecule has 0 saturated heterocycles. The van der Waals surface area contributed by atoms with Crippen LogP contribution in [0.15, 0.2) is 48.7 Å². The van der Waals surface area contributed by atoms with Crippen LogP contribution in [0, 0.1) is 6.92 Å². The number of hydrogen-bond donors (Lipinski definition) is 1. The molecule has 1 heterocycles. The van der Waals surface area contributed by atoms with Crippen LogP contribution in [0.1, 0.15) is 36.2 Å². The van der Waals surface area contributed by atoms with Gasteiger partial charge in [0.2, 0.25) is 0 Å². The molecule has 0 fully saturated rings. The van der Waals surface area contributed by atoms with Crippen LogP contribution in [0.3, 0.4) is 0 Å². The monoisotopic (exact) mass is 240 g/mol. The summed E-state index contributed by atoms with van der Waals surface area (Å²) in [6, 6.07) is 15.1. The summed E-state index contributed by atoms with van der Waals surface area (Å²) in [5, 5.41) is 3.58. The number of rotatable bonds is 5. The van der Waals surface area contributed by atoms with Crippen molar-refractivity contribution in [1.29, 1.82) is 0 Å². The first-order valence-corrected chi connectivity index (χ1v) is 6.50. The highest BCUT2D eigenvalue weighted by atomic mass is 14.9. The number of pyridine rings is 1. The predicted molar refractivity (Wildman–Crippen MR) is 75.3 cm³/mol. The van der Waals surface area contributed by atoms with Gasteiger partial charge in [0, 0.05) is 18.8 Å². The van der Waals surface area contributed by atoms with Crippen molar-refractivity contribution >= 4 is 0 Å². The number of aryl methyl sites for hydroxylation is 1. The second kappa shape index (κ2) is 6.31. The molecule has 0 spiro atoms. The molecule has 1 atom stereocenters. The summed E-state index contributed by atoms with van der Waals surface area (Å²) in [4.78, 5) is 4.42. The summed E-state index contributed by atoms with van der Waals surface area (Å²) in [7, 11) is 0. The average molecular weight is 240 g/mol. The van der Waals surface area contributed by atoms with Gasteiger partial charge in [-0.15, -0.1) is 0 Å². The minimum atomic E-state index is 0.396. The maximum absolute atomic E-state index is 4.42. The largest absolute Gasteiger partial charge is 0.304 e. The van der Waals surface area contributed by atoms with Gasteiger partial charge in [0.15, 0.2) is 0 Å². The SMILES string of the molecule is CCC(NCc1ncccc1C)c1ccccc1. The van der Waals surface area contributed by atoms with E-state index in [9.17, 15) is 0 Å². The lowest BCUT2D eigenvalue weighted by molar-refractivity contribution is 0.513. The van der Waals surface area contributed by atoms with Crippen LogP contribution in [0.4, 0.5) is 0 Å². The molecule has 0 radical (unpaired) electrons. The highest BCUT2D eigenvalue weighted by molar-refractivity contribution is 5.20. The van der Waals surface area contributed by atoms with Crippen molar-refractivity contribution in [3.05, 3.63) is 65.5 Å². The molecule has 0 aliphatic heterocycles. The van der Waals surface area contributed by atoms with Crippen molar-refractivity contribution in [2.75, 3.05) is 0 Å². The highest BCUT2D eigenvalue weighted by Gasteiger charge is 2.08. The smallest absolute Gasteiger partial charge is 0.0570 e. The van der Waals surface area contributed by atoms with Gasteiger partial charge in [-0.3, -0.25) is 4.98 Å². The normalized spacial score (nSPS) is 12.3. The molecule has 1 aromatic heterocycles. The van der Waals surface area contributed by atoms with Gasteiger partial charge in [-0.05, 0) is 30.5 Å². The minimum absolute atomic E-state index is 0.396. The molecule has 2 aromatic rings. The molecule has 1 aromatic carbocycles. The van der Waals surface area contributed by atoms with E-state index in [2.05, 4.69) is 60.5 Å². The van der Waals surface area contributed by atoms with Crippen molar-refractivity contribution in [2.24, 2.45) is 0 Å². The molecule has 1 unspecified atom stereocenters. The van der Waals surface area contributed by atoms with Crippen LogP contribution in [-0.2, 0) is 6.54 Å². The predicted octanol–water partition coefficient (Wildman–Crippen LogP) is 3.63. The number of nitrogens with one attached hydrogen (secondary N) is 1. The van der Waals surface area contributed by atoms with E-state index in [1.54, 1.807) is 0 Å². The Hall–Kier alpha value is -1.67. The van der Waals surface area contributed by atoms with Crippen LogP contribution in [0.25, 0.3) is 0 Å². The standard InChI is InChI=1S/C16H20N2/c1-3-15(14-9-5-4-6-10-14)18-12-16-13(2)8-7-11-17-16/h4-11,15,18H,3,12H2,1-2H3. The lowest BCUT2D eigenvalue weighted by Gasteiger charge is -2.17. The van der Waals surface area contributed by atoms with E-state index in [4.69, 9.17) is 0 Å². The molecule has 2 heteroatoms. The first-order chi connectivity index (χ1) is 8.81. The number of benzene rings is 1. The summed E-state index contributed by atoms with van der Waals surface area (Å²) in [5.41, 5.74) is 3.72. The first kappa shape index (κ1) is 12.8. The summed E-state index contributed by atoms with van der Waals surface area (Å²) < 4.78 is 0. The van der Waals surface area contributed by atoms with Gasteiger partial charge in [0.1, 0.15) is 0 Å². The van der Waals surface area contributed by atoms with Crippen LogP contribution in [0.5, 0.6) is 0 Å². The van der Waals surface area contributed by atoms with Crippen molar-refractivity contribution < 1.29 is 0 Å². The maximum Gasteiger partial charge on any atom is 0.0570 e. The zero-order valence-electron chi connectivity index (χ0n) is 11.1. The molecule has 18 heavy (non-hydrogen) atoms. The number of nitrogens with zero attached hydrogens (tertiary/aromatic N) is 1. The lowest BCUT2D eigenvalue weighted by Crippen LogP contribution is -2.21. The molecule has 2 rings (SSSR count). The summed E-state index contributed by atoms with van der Waals surface area (Å²) >= 11 is 0. The van der Waals surface area contributed by atoms with E-state index in [1.807, 2.05) is 12.3 Å². The van der Waals surface area contributed by atoms with Gasteiger partial charge in [0.05, 0.1) is 5.69 Å². The fourth-order valence-corrected chi connectivity index (χ4v) is 2.11. The molecule has 0 saturated carbocycles. The zero-order chi connectivity index (χ0) is 12.8. The second-order valence-corrected chi connectivity index (χ2v) is 4.52. The Bertz CT molecular complexity index is 479. The van der Waals surface area contributed by atoms with E-state index in [0.717, 1.165) is 18.7 Å².